The highest BCUT2D eigenvalue weighted by molar-refractivity contribution is 5.92. The normalized spacial score (nSPS) is 14.2. The zero-order valence-electron chi connectivity index (χ0n) is 11.7. The summed E-state index contributed by atoms with van der Waals surface area (Å²) < 4.78 is 0. The number of carbonyl (C=O) groups is 1. The summed E-state index contributed by atoms with van der Waals surface area (Å²) in [6, 6.07) is 0. The van der Waals surface area contributed by atoms with E-state index in [1.54, 1.807) is 12.4 Å². The lowest BCUT2D eigenvalue weighted by molar-refractivity contribution is 0.0750. The molecule has 104 valence electrons. The highest BCUT2D eigenvalue weighted by Crippen LogP contribution is 2.29. The summed E-state index contributed by atoms with van der Waals surface area (Å²) in [5, 5.41) is 3.16. The molecule has 1 aromatic rings. The van der Waals surface area contributed by atoms with Gasteiger partial charge in [-0.3, -0.25) is 9.78 Å². The minimum Gasteiger partial charge on any atom is -0.369 e. The standard InChI is InChI=1S/C14H22N4O/c1-3-7-16-13-9-15-8-12(17-13)14(19)18(4-2)10-11-5-6-11/h8-9,11H,3-7,10H2,1-2H3,(H,16,17). The van der Waals surface area contributed by atoms with Crippen molar-refractivity contribution in [1.82, 2.24) is 14.9 Å². The van der Waals surface area contributed by atoms with Crippen LogP contribution in [0, 0.1) is 5.92 Å². The first-order chi connectivity index (χ1) is 9.24. The molecule has 0 aromatic carbocycles. The van der Waals surface area contributed by atoms with Crippen molar-refractivity contribution in [3.63, 3.8) is 0 Å². The number of nitrogens with zero attached hydrogens (tertiary/aromatic N) is 3. The third-order valence-electron chi connectivity index (χ3n) is 3.25. The van der Waals surface area contributed by atoms with E-state index in [2.05, 4.69) is 22.2 Å². The van der Waals surface area contributed by atoms with Crippen LogP contribution >= 0.6 is 0 Å². The summed E-state index contributed by atoms with van der Waals surface area (Å²) in [7, 11) is 0. The fourth-order valence-electron chi connectivity index (χ4n) is 1.94. The Labute approximate surface area is 114 Å². The highest BCUT2D eigenvalue weighted by atomic mass is 16.2. The van der Waals surface area contributed by atoms with Crippen LogP contribution in [0.15, 0.2) is 12.4 Å². The summed E-state index contributed by atoms with van der Waals surface area (Å²) in [6.45, 7) is 6.51. The van der Waals surface area contributed by atoms with Gasteiger partial charge in [0.2, 0.25) is 0 Å². The van der Waals surface area contributed by atoms with Crippen molar-refractivity contribution in [2.45, 2.75) is 33.1 Å². The lowest BCUT2D eigenvalue weighted by atomic mass is 10.3. The molecule has 1 aliphatic carbocycles. The second-order valence-electron chi connectivity index (χ2n) is 5.00. The molecule has 2 rings (SSSR count). The van der Waals surface area contributed by atoms with E-state index in [4.69, 9.17) is 0 Å². The zero-order valence-corrected chi connectivity index (χ0v) is 11.7. The molecule has 1 N–H and O–H groups in total. The van der Waals surface area contributed by atoms with E-state index in [9.17, 15) is 4.79 Å². The van der Waals surface area contributed by atoms with Gasteiger partial charge in [-0.2, -0.15) is 0 Å². The Morgan fingerprint density at radius 3 is 2.84 bits per heavy atom. The predicted molar refractivity (Wildman–Crippen MR) is 75.1 cm³/mol. The molecule has 0 spiro atoms. The second-order valence-corrected chi connectivity index (χ2v) is 5.00. The van der Waals surface area contributed by atoms with E-state index < -0.39 is 0 Å². The van der Waals surface area contributed by atoms with E-state index in [1.165, 1.54) is 12.8 Å². The first-order valence-corrected chi connectivity index (χ1v) is 7.09. The Hall–Kier alpha value is -1.65. The maximum Gasteiger partial charge on any atom is 0.274 e. The van der Waals surface area contributed by atoms with Crippen LogP contribution in [-0.4, -0.2) is 40.4 Å². The predicted octanol–water partition coefficient (Wildman–Crippen LogP) is 2.17. The fraction of sp³-hybridized carbons (Fsp3) is 0.643. The van der Waals surface area contributed by atoms with Gasteiger partial charge in [0.15, 0.2) is 0 Å². The van der Waals surface area contributed by atoms with Crippen LogP contribution in [0.5, 0.6) is 0 Å². The maximum absolute atomic E-state index is 12.4. The van der Waals surface area contributed by atoms with Crippen LogP contribution in [0.4, 0.5) is 5.82 Å². The van der Waals surface area contributed by atoms with E-state index in [-0.39, 0.29) is 5.91 Å². The van der Waals surface area contributed by atoms with Crippen molar-refractivity contribution < 1.29 is 4.79 Å². The summed E-state index contributed by atoms with van der Waals surface area (Å²) >= 11 is 0. The molecule has 1 amide bonds. The molecule has 5 nitrogen and oxygen atoms in total. The number of amides is 1. The summed E-state index contributed by atoms with van der Waals surface area (Å²) in [5.41, 5.74) is 0.434. The van der Waals surface area contributed by atoms with Crippen LogP contribution in [0.25, 0.3) is 0 Å². The monoisotopic (exact) mass is 262 g/mol. The third kappa shape index (κ3) is 3.91. The van der Waals surface area contributed by atoms with E-state index in [0.29, 0.717) is 17.4 Å². The molecule has 1 heterocycles. The number of hydrogen-bond acceptors (Lipinski definition) is 4. The van der Waals surface area contributed by atoms with Crippen LogP contribution in [0.2, 0.25) is 0 Å². The van der Waals surface area contributed by atoms with Crippen molar-refractivity contribution in [2.75, 3.05) is 25.0 Å². The molecule has 0 bridgehead atoms. The third-order valence-corrected chi connectivity index (χ3v) is 3.25. The largest absolute Gasteiger partial charge is 0.369 e. The van der Waals surface area contributed by atoms with Crippen LogP contribution < -0.4 is 5.32 Å². The van der Waals surface area contributed by atoms with Crippen molar-refractivity contribution in [2.24, 2.45) is 5.92 Å². The SMILES string of the molecule is CCCNc1cncc(C(=O)N(CC)CC2CC2)n1. The number of aromatic nitrogens is 2. The number of rotatable bonds is 7. The van der Waals surface area contributed by atoms with Gasteiger partial charge in [0, 0.05) is 19.6 Å². The Balaban J connectivity index is 2.03. The molecule has 1 aromatic heterocycles. The van der Waals surface area contributed by atoms with Crippen LogP contribution in [0.3, 0.4) is 0 Å². The van der Waals surface area contributed by atoms with Crippen molar-refractivity contribution in [3.05, 3.63) is 18.1 Å². The molecule has 1 saturated carbocycles. The molecule has 5 heteroatoms. The van der Waals surface area contributed by atoms with E-state index in [1.807, 2.05) is 11.8 Å². The van der Waals surface area contributed by atoms with Gasteiger partial charge in [-0.25, -0.2) is 4.98 Å². The molecule has 0 unspecified atom stereocenters. The smallest absolute Gasteiger partial charge is 0.274 e. The van der Waals surface area contributed by atoms with Crippen molar-refractivity contribution in [3.8, 4) is 0 Å². The average Bonchev–Trinajstić information content (AvgIpc) is 3.26. The van der Waals surface area contributed by atoms with Crippen molar-refractivity contribution >= 4 is 11.7 Å². The van der Waals surface area contributed by atoms with Gasteiger partial charge in [0.05, 0.1) is 12.4 Å². The molecule has 1 aliphatic rings. The van der Waals surface area contributed by atoms with Crippen LogP contribution in [0.1, 0.15) is 43.6 Å². The van der Waals surface area contributed by atoms with Crippen LogP contribution in [-0.2, 0) is 0 Å². The molecule has 0 saturated heterocycles. The van der Waals surface area contributed by atoms with Gasteiger partial charge >= 0.3 is 0 Å². The molecule has 1 fully saturated rings. The number of hydrogen-bond donors (Lipinski definition) is 1. The van der Waals surface area contributed by atoms with Gasteiger partial charge in [-0.15, -0.1) is 0 Å². The lowest BCUT2D eigenvalue weighted by Gasteiger charge is -2.20. The first-order valence-electron chi connectivity index (χ1n) is 7.09. The molecule has 19 heavy (non-hydrogen) atoms. The lowest BCUT2D eigenvalue weighted by Crippen LogP contribution is -2.33. The van der Waals surface area contributed by atoms with Gasteiger partial charge in [-0.05, 0) is 32.1 Å². The quantitative estimate of drug-likeness (QED) is 0.818. The Morgan fingerprint density at radius 2 is 2.21 bits per heavy atom. The minimum absolute atomic E-state index is 0.0120. The Kier molecular flexibility index (Phi) is 4.71. The summed E-state index contributed by atoms with van der Waals surface area (Å²) in [4.78, 5) is 22.7. The first kappa shape index (κ1) is 13.8. The molecular formula is C14H22N4O. The molecule has 0 radical (unpaired) electrons. The van der Waals surface area contributed by atoms with Gasteiger partial charge in [0.25, 0.3) is 5.91 Å². The summed E-state index contributed by atoms with van der Waals surface area (Å²) in [5.74, 6) is 1.36. The Bertz CT molecular complexity index is 431. The highest BCUT2D eigenvalue weighted by Gasteiger charge is 2.27. The second kappa shape index (κ2) is 6.50. The van der Waals surface area contributed by atoms with Gasteiger partial charge < -0.3 is 10.2 Å². The average molecular weight is 262 g/mol. The number of nitrogens with one attached hydrogen (secondary N) is 1. The minimum atomic E-state index is -0.0120. The van der Waals surface area contributed by atoms with Gasteiger partial charge in [-0.1, -0.05) is 6.92 Å². The fourth-order valence-corrected chi connectivity index (χ4v) is 1.94. The van der Waals surface area contributed by atoms with Gasteiger partial charge in [0.1, 0.15) is 11.5 Å². The maximum atomic E-state index is 12.4. The molecule has 0 atom stereocenters. The molecular weight excluding hydrogens is 240 g/mol. The Morgan fingerprint density at radius 1 is 1.42 bits per heavy atom. The topological polar surface area (TPSA) is 58.1 Å². The van der Waals surface area contributed by atoms with E-state index >= 15 is 0 Å². The van der Waals surface area contributed by atoms with E-state index in [0.717, 1.165) is 26.1 Å². The number of carbonyl (C=O) groups excluding carboxylic acids is 1. The van der Waals surface area contributed by atoms with Crippen molar-refractivity contribution in [1.29, 1.82) is 0 Å². The molecule has 0 aliphatic heterocycles. The number of anilines is 1. The summed E-state index contributed by atoms with van der Waals surface area (Å²) in [6.07, 6.45) is 6.71. The zero-order chi connectivity index (χ0) is 13.7.